The van der Waals surface area contributed by atoms with Gasteiger partial charge in [-0.2, -0.15) is 5.10 Å². The predicted molar refractivity (Wildman–Crippen MR) is 115 cm³/mol. The number of carbonyl (C=O) groups is 2. The third-order valence-corrected chi connectivity index (χ3v) is 7.32. The maximum Gasteiger partial charge on any atom is 0.406 e. The van der Waals surface area contributed by atoms with Crippen LogP contribution in [0.5, 0.6) is 0 Å². The van der Waals surface area contributed by atoms with E-state index >= 15 is 0 Å². The van der Waals surface area contributed by atoms with Crippen LogP contribution in [0.4, 0.5) is 4.79 Å². The number of rotatable bonds is 9. The van der Waals surface area contributed by atoms with Crippen molar-refractivity contribution in [3.8, 4) is 0 Å². The van der Waals surface area contributed by atoms with Crippen molar-refractivity contribution in [1.29, 1.82) is 0 Å². The number of hydrogen-bond donors (Lipinski definition) is 4. The highest BCUT2D eigenvalue weighted by Gasteiger charge is 2.53. The third kappa shape index (κ3) is 4.79. The molecule has 8 heteroatoms. The van der Waals surface area contributed by atoms with Gasteiger partial charge in [-0.15, -0.1) is 0 Å². The first-order valence-corrected chi connectivity index (χ1v) is 11.3. The standard InChI is InChI=1S/C22H37N5O3/c1-4-21(5-2)15-22(26-19(21)28)9-6-16(7-10-22)18-17(14-25-27-18)8-11-23-12-13-24-20(29)30-3/h14,16,23H,4-13,15H2,1-3H3,(H,24,29)(H,25,27)(H,26,28). The number of hydrogen-bond acceptors (Lipinski definition) is 5. The topological polar surface area (TPSA) is 108 Å². The van der Waals surface area contributed by atoms with E-state index in [0.717, 1.165) is 57.9 Å². The Kier molecular flexibility index (Phi) is 7.39. The van der Waals surface area contributed by atoms with E-state index < -0.39 is 6.09 Å². The van der Waals surface area contributed by atoms with E-state index in [-0.39, 0.29) is 16.9 Å². The normalized spacial score (nSPS) is 25.3. The molecule has 0 radical (unpaired) electrons. The number of nitrogens with zero attached hydrogens (tertiary/aromatic N) is 1. The highest BCUT2D eigenvalue weighted by molar-refractivity contribution is 5.86. The lowest BCUT2D eigenvalue weighted by Crippen LogP contribution is -2.44. The molecule has 1 spiro atoms. The lowest BCUT2D eigenvalue weighted by atomic mass is 9.69. The highest BCUT2D eigenvalue weighted by Crippen LogP contribution is 2.49. The first kappa shape index (κ1) is 22.6. The molecule has 1 aliphatic carbocycles. The second-order valence-electron chi connectivity index (χ2n) is 8.90. The van der Waals surface area contributed by atoms with E-state index in [1.165, 1.54) is 18.4 Å². The average Bonchev–Trinajstić information content (AvgIpc) is 3.33. The lowest BCUT2D eigenvalue weighted by molar-refractivity contribution is -0.128. The van der Waals surface area contributed by atoms with Crippen LogP contribution in [-0.2, 0) is 16.0 Å². The van der Waals surface area contributed by atoms with Crippen molar-refractivity contribution in [3.05, 3.63) is 17.5 Å². The van der Waals surface area contributed by atoms with Crippen molar-refractivity contribution in [2.45, 2.75) is 76.7 Å². The molecule has 2 amide bonds. The van der Waals surface area contributed by atoms with Gasteiger partial charge in [0, 0.05) is 30.2 Å². The summed E-state index contributed by atoms with van der Waals surface area (Å²) >= 11 is 0. The van der Waals surface area contributed by atoms with E-state index in [0.29, 0.717) is 19.0 Å². The Morgan fingerprint density at radius 1 is 1.23 bits per heavy atom. The van der Waals surface area contributed by atoms with Crippen LogP contribution in [0.15, 0.2) is 6.20 Å². The Bertz CT molecular complexity index is 720. The smallest absolute Gasteiger partial charge is 0.406 e. The Balaban J connectivity index is 1.47. The van der Waals surface area contributed by atoms with Crippen LogP contribution in [0.25, 0.3) is 0 Å². The monoisotopic (exact) mass is 419 g/mol. The van der Waals surface area contributed by atoms with Crippen molar-refractivity contribution >= 4 is 12.0 Å². The number of carbonyl (C=O) groups excluding carboxylic acids is 2. The molecule has 8 nitrogen and oxygen atoms in total. The van der Waals surface area contributed by atoms with Crippen molar-refractivity contribution in [2.75, 3.05) is 26.7 Å². The molecular weight excluding hydrogens is 382 g/mol. The number of aromatic nitrogens is 2. The van der Waals surface area contributed by atoms with Crippen LogP contribution in [0.2, 0.25) is 0 Å². The Morgan fingerprint density at radius 3 is 2.60 bits per heavy atom. The fourth-order valence-electron chi connectivity index (χ4n) is 5.27. The maximum absolute atomic E-state index is 12.7. The number of methoxy groups -OCH3 is 1. The predicted octanol–water partition coefficient (Wildman–Crippen LogP) is 2.62. The molecule has 168 valence electrons. The van der Waals surface area contributed by atoms with Gasteiger partial charge < -0.3 is 20.7 Å². The van der Waals surface area contributed by atoms with Gasteiger partial charge in [-0.1, -0.05) is 13.8 Å². The summed E-state index contributed by atoms with van der Waals surface area (Å²) < 4.78 is 4.55. The Hall–Kier alpha value is -2.09. The van der Waals surface area contributed by atoms with E-state index in [9.17, 15) is 9.59 Å². The van der Waals surface area contributed by atoms with Crippen LogP contribution in [0, 0.1) is 5.41 Å². The average molecular weight is 420 g/mol. The van der Waals surface area contributed by atoms with E-state index in [2.05, 4.69) is 44.7 Å². The number of nitrogens with one attached hydrogen (secondary N) is 4. The van der Waals surface area contributed by atoms with Gasteiger partial charge in [0.2, 0.25) is 5.91 Å². The van der Waals surface area contributed by atoms with Gasteiger partial charge in [-0.25, -0.2) is 4.79 Å². The first-order valence-electron chi connectivity index (χ1n) is 11.3. The van der Waals surface area contributed by atoms with Gasteiger partial charge in [0.25, 0.3) is 0 Å². The van der Waals surface area contributed by atoms with Gasteiger partial charge in [-0.3, -0.25) is 9.89 Å². The van der Waals surface area contributed by atoms with Gasteiger partial charge in [0.05, 0.1) is 18.7 Å². The molecule has 1 saturated heterocycles. The summed E-state index contributed by atoms with van der Waals surface area (Å²) in [4.78, 5) is 23.7. The Labute approximate surface area is 179 Å². The molecule has 2 heterocycles. The zero-order chi connectivity index (χ0) is 21.6. The maximum atomic E-state index is 12.7. The van der Waals surface area contributed by atoms with Gasteiger partial charge in [0.15, 0.2) is 0 Å². The summed E-state index contributed by atoms with van der Waals surface area (Å²) in [5, 5.41) is 16.9. The molecule has 2 aliphatic rings. The summed E-state index contributed by atoms with van der Waals surface area (Å²) in [6.07, 6.45) is 9.51. The molecule has 30 heavy (non-hydrogen) atoms. The van der Waals surface area contributed by atoms with Crippen LogP contribution in [-0.4, -0.2) is 54.5 Å². The number of alkyl carbamates (subject to hydrolysis) is 1. The van der Waals surface area contributed by atoms with Crippen LogP contribution in [0.1, 0.15) is 76.0 Å². The molecular formula is C22H37N5O3. The number of H-pyrrole nitrogens is 1. The van der Waals surface area contributed by atoms with Crippen molar-refractivity contribution < 1.29 is 14.3 Å². The largest absolute Gasteiger partial charge is 0.453 e. The first-order chi connectivity index (χ1) is 14.5. The molecule has 3 rings (SSSR count). The van der Waals surface area contributed by atoms with Crippen molar-refractivity contribution in [3.63, 3.8) is 0 Å². The summed E-state index contributed by atoms with van der Waals surface area (Å²) in [5.41, 5.74) is 2.34. The molecule has 1 aliphatic heterocycles. The fourth-order valence-corrected chi connectivity index (χ4v) is 5.27. The van der Waals surface area contributed by atoms with E-state index in [1.54, 1.807) is 0 Å². The summed E-state index contributed by atoms with van der Waals surface area (Å²) in [5.74, 6) is 0.741. The minimum Gasteiger partial charge on any atom is -0.453 e. The van der Waals surface area contributed by atoms with Gasteiger partial charge >= 0.3 is 6.09 Å². The molecule has 2 fully saturated rings. The highest BCUT2D eigenvalue weighted by atomic mass is 16.5. The number of ether oxygens (including phenoxy) is 1. The van der Waals surface area contributed by atoms with Gasteiger partial charge in [-0.05, 0) is 63.5 Å². The Morgan fingerprint density at radius 2 is 1.97 bits per heavy atom. The zero-order valence-electron chi connectivity index (χ0n) is 18.6. The van der Waals surface area contributed by atoms with Crippen LogP contribution >= 0.6 is 0 Å². The zero-order valence-corrected chi connectivity index (χ0v) is 18.6. The SMILES string of the molecule is CCC1(CC)CC2(CCC(c3[nH]ncc3CCNCCNC(=O)OC)CC2)NC1=O. The second-order valence-corrected chi connectivity index (χ2v) is 8.90. The third-order valence-electron chi connectivity index (χ3n) is 7.32. The summed E-state index contributed by atoms with van der Waals surface area (Å²) in [6.45, 7) is 6.36. The van der Waals surface area contributed by atoms with Crippen LogP contribution in [0.3, 0.4) is 0 Å². The molecule has 1 aromatic heterocycles. The molecule has 0 unspecified atom stereocenters. The van der Waals surface area contributed by atoms with E-state index in [1.807, 2.05) is 6.20 Å². The second kappa shape index (κ2) is 9.81. The number of amides is 2. The fraction of sp³-hybridized carbons (Fsp3) is 0.773. The van der Waals surface area contributed by atoms with Crippen LogP contribution < -0.4 is 16.0 Å². The lowest BCUT2D eigenvalue weighted by Gasteiger charge is -2.38. The van der Waals surface area contributed by atoms with Crippen molar-refractivity contribution in [1.82, 2.24) is 26.1 Å². The molecule has 4 N–H and O–H groups in total. The van der Waals surface area contributed by atoms with E-state index in [4.69, 9.17) is 0 Å². The molecule has 1 saturated carbocycles. The number of aromatic amines is 1. The van der Waals surface area contributed by atoms with Gasteiger partial charge in [0.1, 0.15) is 0 Å². The molecule has 0 bridgehead atoms. The van der Waals surface area contributed by atoms with Crippen molar-refractivity contribution in [2.24, 2.45) is 5.41 Å². The minimum atomic E-state index is -0.405. The summed E-state index contributed by atoms with van der Waals surface area (Å²) in [6, 6.07) is 0. The molecule has 0 atom stereocenters. The quantitative estimate of drug-likeness (QED) is 0.460. The minimum absolute atomic E-state index is 0.00597. The molecule has 0 aromatic carbocycles. The summed E-state index contributed by atoms with van der Waals surface area (Å²) in [7, 11) is 1.36. The molecule has 1 aromatic rings.